The highest BCUT2D eigenvalue weighted by molar-refractivity contribution is 6.42. The van der Waals surface area contributed by atoms with E-state index in [2.05, 4.69) is 10.5 Å². The van der Waals surface area contributed by atoms with Gasteiger partial charge in [-0.05, 0) is 24.3 Å². The van der Waals surface area contributed by atoms with Crippen LogP contribution < -0.4 is 5.43 Å². The number of carboxylic acids is 1. The summed E-state index contributed by atoms with van der Waals surface area (Å²) in [6.45, 7) is 0. The Balaban J connectivity index is 2.14. The number of hydrazone groups is 1. The first-order valence-corrected chi connectivity index (χ1v) is 6.40. The van der Waals surface area contributed by atoms with Crippen molar-refractivity contribution >= 4 is 41.1 Å². The molecule has 4 nitrogen and oxygen atoms in total. The minimum atomic E-state index is -0.999. The zero-order valence-electron chi connectivity index (χ0n) is 10.2. The summed E-state index contributed by atoms with van der Waals surface area (Å²) in [5, 5.41) is 13.9. The largest absolute Gasteiger partial charge is 0.478 e. The van der Waals surface area contributed by atoms with Crippen LogP contribution in [0, 0.1) is 0 Å². The van der Waals surface area contributed by atoms with E-state index in [-0.39, 0.29) is 5.56 Å². The Kier molecular flexibility index (Phi) is 4.61. The summed E-state index contributed by atoms with van der Waals surface area (Å²) < 4.78 is 0. The number of carboxylic acid groups (broad SMARTS) is 1. The molecule has 2 rings (SSSR count). The van der Waals surface area contributed by atoms with Gasteiger partial charge in [0.1, 0.15) is 0 Å². The molecule has 2 aromatic carbocycles. The quantitative estimate of drug-likeness (QED) is 0.659. The second-order valence-electron chi connectivity index (χ2n) is 3.89. The lowest BCUT2D eigenvalue weighted by Gasteiger charge is -2.03. The van der Waals surface area contributed by atoms with E-state index < -0.39 is 5.97 Å². The molecular weight excluding hydrogens is 299 g/mol. The molecule has 2 N–H and O–H groups in total. The van der Waals surface area contributed by atoms with Crippen molar-refractivity contribution in [1.82, 2.24) is 0 Å². The van der Waals surface area contributed by atoms with E-state index in [4.69, 9.17) is 28.3 Å². The molecule has 0 aliphatic carbocycles. The van der Waals surface area contributed by atoms with E-state index >= 15 is 0 Å². The van der Waals surface area contributed by atoms with Gasteiger partial charge in [0, 0.05) is 5.56 Å². The number of aromatic carboxylic acids is 1. The van der Waals surface area contributed by atoms with Gasteiger partial charge in [-0.15, -0.1) is 0 Å². The first-order chi connectivity index (χ1) is 9.58. The van der Waals surface area contributed by atoms with Crippen molar-refractivity contribution in [1.29, 1.82) is 0 Å². The number of hydrogen-bond donors (Lipinski definition) is 2. The highest BCUT2D eigenvalue weighted by Gasteiger charge is 2.06. The van der Waals surface area contributed by atoms with Crippen LogP contribution in [0.1, 0.15) is 15.9 Å². The zero-order chi connectivity index (χ0) is 14.5. The average Bonchev–Trinajstić information content (AvgIpc) is 2.43. The summed E-state index contributed by atoms with van der Waals surface area (Å²) in [6.07, 6.45) is 1.44. The molecule has 0 atom stereocenters. The normalized spacial score (nSPS) is 10.7. The maximum absolute atomic E-state index is 11.0. The average molecular weight is 309 g/mol. The molecule has 0 radical (unpaired) electrons. The lowest BCUT2D eigenvalue weighted by Crippen LogP contribution is -2.02. The van der Waals surface area contributed by atoms with Gasteiger partial charge in [0.25, 0.3) is 0 Å². The number of nitrogens with one attached hydrogen (secondary N) is 1. The van der Waals surface area contributed by atoms with E-state index in [0.29, 0.717) is 21.3 Å². The van der Waals surface area contributed by atoms with Crippen LogP contribution in [-0.4, -0.2) is 17.3 Å². The predicted molar refractivity (Wildman–Crippen MR) is 81.1 cm³/mol. The first kappa shape index (κ1) is 14.4. The maximum atomic E-state index is 11.0. The molecule has 20 heavy (non-hydrogen) atoms. The van der Waals surface area contributed by atoms with Crippen molar-refractivity contribution in [2.45, 2.75) is 0 Å². The van der Waals surface area contributed by atoms with Crippen molar-refractivity contribution < 1.29 is 9.90 Å². The molecule has 0 aliphatic heterocycles. The lowest BCUT2D eigenvalue weighted by atomic mass is 10.1. The molecule has 2 aromatic rings. The third-order valence-electron chi connectivity index (χ3n) is 2.51. The molecule has 0 bridgehead atoms. The zero-order valence-corrected chi connectivity index (χ0v) is 11.7. The minimum Gasteiger partial charge on any atom is -0.478 e. The van der Waals surface area contributed by atoms with E-state index in [0.717, 1.165) is 0 Å². The van der Waals surface area contributed by atoms with Crippen molar-refractivity contribution in [3.05, 3.63) is 63.6 Å². The smallest absolute Gasteiger partial charge is 0.336 e. The predicted octanol–water partition coefficient (Wildman–Crippen LogP) is 4.14. The van der Waals surface area contributed by atoms with Crippen LogP contribution in [0.4, 0.5) is 5.69 Å². The topological polar surface area (TPSA) is 61.7 Å². The van der Waals surface area contributed by atoms with Crippen molar-refractivity contribution in [3.8, 4) is 0 Å². The molecule has 0 fully saturated rings. The van der Waals surface area contributed by atoms with Crippen LogP contribution in [0.3, 0.4) is 0 Å². The van der Waals surface area contributed by atoms with Gasteiger partial charge in [0.05, 0.1) is 27.5 Å². The van der Waals surface area contributed by atoms with Crippen molar-refractivity contribution in [2.24, 2.45) is 5.10 Å². The van der Waals surface area contributed by atoms with Gasteiger partial charge in [-0.2, -0.15) is 5.10 Å². The summed E-state index contributed by atoms with van der Waals surface area (Å²) in [7, 11) is 0. The summed E-state index contributed by atoms with van der Waals surface area (Å²) in [5.74, 6) is -0.999. The van der Waals surface area contributed by atoms with E-state index in [1.165, 1.54) is 12.3 Å². The molecule has 0 unspecified atom stereocenters. The number of nitrogens with zero attached hydrogens (tertiary/aromatic N) is 1. The number of benzene rings is 2. The van der Waals surface area contributed by atoms with Crippen LogP contribution in [0.2, 0.25) is 10.0 Å². The third-order valence-corrected chi connectivity index (χ3v) is 3.25. The lowest BCUT2D eigenvalue weighted by molar-refractivity contribution is 0.0697. The fourth-order valence-electron chi connectivity index (χ4n) is 1.55. The standard InChI is InChI=1S/C14H10Cl2N2O2/c15-12-6-5-10(7-13(12)16)18-17-8-9-3-1-2-4-11(9)14(19)20/h1-8,18H,(H,19,20). The van der Waals surface area contributed by atoms with Gasteiger partial charge in [0.15, 0.2) is 0 Å². The van der Waals surface area contributed by atoms with Crippen molar-refractivity contribution in [3.63, 3.8) is 0 Å². The molecular formula is C14H10Cl2N2O2. The highest BCUT2D eigenvalue weighted by Crippen LogP contribution is 2.24. The molecule has 102 valence electrons. The Bertz CT molecular complexity index is 672. The van der Waals surface area contributed by atoms with Crippen LogP contribution >= 0.6 is 23.2 Å². The first-order valence-electron chi connectivity index (χ1n) is 5.64. The number of carbonyl (C=O) groups is 1. The molecule has 0 saturated heterocycles. The van der Waals surface area contributed by atoms with Crippen LogP contribution in [0.5, 0.6) is 0 Å². The van der Waals surface area contributed by atoms with Gasteiger partial charge in [0.2, 0.25) is 0 Å². The summed E-state index contributed by atoms with van der Waals surface area (Å²) in [6, 6.07) is 11.6. The monoisotopic (exact) mass is 308 g/mol. The number of rotatable bonds is 4. The second-order valence-corrected chi connectivity index (χ2v) is 4.71. The summed E-state index contributed by atoms with van der Waals surface area (Å²) in [5.41, 5.74) is 4.11. The Labute approximate surface area is 125 Å². The number of halogens is 2. The van der Waals surface area contributed by atoms with E-state index in [1.54, 1.807) is 36.4 Å². The van der Waals surface area contributed by atoms with Crippen LogP contribution in [0.25, 0.3) is 0 Å². The molecule has 0 saturated carbocycles. The van der Waals surface area contributed by atoms with Gasteiger partial charge >= 0.3 is 5.97 Å². The summed E-state index contributed by atoms with van der Waals surface area (Å²) >= 11 is 11.7. The van der Waals surface area contributed by atoms with Gasteiger partial charge < -0.3 is 5.11 Å². The van der Waals surface area contributed by atoms with E-state index in [9.17, 15) is 4.79 Å². The number of anilines is 1. The highest BCUT2D eigenvalue weighted by atomic mass is 35.5. The maximum Gasteiger partial charge on any atom is 0.336 e. The van der Waals surface area contributed by atoms with E-state index in [1.807, 2.05) is 0 Å². The molecule has 6 heteroatoms. The molecule has 0 aromatic heterocycles. The molecule has 0 spiro atoms. The Morgan fingerprint density at radius 3 is 2.60 bits per heavy atom. The van der Waals surface area contributed by atoms with Gasteiger partial charge in [-0.25, -0.2) is 4.79 Å². The Morgan fingerprint density at radius 1 is 1.15 bits per heavy atom. The van der Waals surface area contributed by atoms with Gasteiger partial charge in [-0.3, -0.25) is 5.43 Å². The fraction of sp³-hybridized carbons (Fsp3) is 0. The summed E-state index contributed by atoms with van der Waals surface area (Å²) in [4.78, 5) is 11.0. The minimum absolute atomic E-state index is 0.187. The Hall–Kier alpha value is -2.04. The van der Waals surface area contributed by atoms with Crippen LogP contribution in [0.15, 0.2) is 47.6 Å². The molecule has 0 amide bonds. The molecule has 0 aliphatic rings. The Morgan fingerprint density at radius 2 is 1.90 bits per heavy atom. The second kappa shape index (κ2) is 6.41. The van der Waals surface area contributed by atoms with Crippen molar-refractivity contribution in [2.75, 3.05) is 5.43 Å². The number of hydrogen-bond acceptors (Lipinski definition) is 3. The molecule has 0 heterocycles. The third kappa shape index (κ3) is 3.50. The van der Waals surface area contributed by atoms with Gasteiger partial charge in [-0.1, -0.05) is 41.4 Å². The fourth-order valence-corrected chi connectivity index (χ4v) is 1.84. The van der Waals surface area contributed by atoms with Crippen LogP contribution in [-0.2, 0) is 0 Å². The SMILES string of the molecule is O=C(O)c1ccccc1C=NNc1ccc(Cl)c(Cl)c1.